The summed E-state index contributed by atoms with van der Waals surface area (Å²) in [6.45, 7) is 6.88. The fourth-order valence-electron chi connectivity index (χ4n) is 7.74. The van der Waals surface area contributed by atoms with E-state index in [-0.39, 0.29) is 0 Å². The first kappa shape index (κ1) is 43.0. The van der Waals surface area contributed by atoms with Gasteiger partial charge in [-0.15, -0.1) is 0 Å². The average Bonchev–Trinajstić information content (AvgIpc) is 3.36. The van der Waals surface area contributed by atoms with Crippen LogP contribution in [0.5, 0.6) is 0 Å². The summed E-state index contributed by atoms with van der Waals surface area (Å²) < 4.78 is 0. The number of aromatic nitrogens is 3. The smallest absolute Gasteiger partial charge is 0.0702 e. The minimum absolute atomic E-state index is 0.930. The van der Waals surface area contributed by atoms with Crippen LogP contribution in [0.1, 0.15) is 13.8 Å². The summed E-state index contributed by atoms with van der Waals surface area (Å²) in [5, 5.41) is 7.58. The van der Waals surface area contributed by atoms with Gasteiger partial charge in [0.15, 0.2) is 0 Å². The van der Waals surface area contributed by atoms with Gasteiger partial charge in [-0.05, 0) is 183 Å². The van der Waals surface area contributed by atoms with E-state index in [1.165, 1.54) is 71.9 Å². The third kappa shape index (κ3) is 9.77. The first-order chi connectivity index (χ1) is 31.0. The van der Waals surface area contributed by atoms with Gasteiger partial charge in [0.25, 0.3) is 0 Å². The zero-order chi connectivity index (χ0) is 44.0. The van der Waals surface area contributed by atoms with E-state index in [0.29, 0.717) is 0 Å². The molecule has 0 aliphatic carbocycles. The Hall–Kier alpha value is -8.09. The molecule has 6 nitrogen and oxygen atoms in total. The molecule has 3 heterocycles. The van der Waals surface area contributed by atoms with Crippen LogP contribution in [0.3, 0.4) is 0 Å². The summed E-state index contributed by atoms with van der Waals surface area (Å²) in [7, 11) is 3.39. The molecule has 6 heteroatoms. The minimum Gasteiger partial charge on any atom is -0.405 e. The highest BCUT2D eigenvalue weighted by atomic mass is 14.7. The molecule has 2 N–H and O–H groups in total. The number of allylic oxidation sites excluding steroid dienone is 1. The van der Waals surface area contributed by atoms with Crippen molar-refractivity contribution in [3.05, 3.63) is 201 Å². The topological polar surface area (TPSA) is 89.4 Å². The van der Waals surface area contributed by atoms with Crippen molar-refractivity contribution in [3.8, 4) is 67.0 Å². The highest BCUT2D eigenvalue weighted by molar-refractivity contribution is 6.27. The fourth-order valence-corrected chi connectivity index (χ4v) is 7.74. The SMILES string of the molecule is C/C=C\N.C=NC.CC=NC.c1ccc(-c2cc(-c3cc(-c4ccccn4)cc(-c4ccccn4)c3)cc(-c3ccc4ccc5c(-c6ccncc6)ccc6ccc3c4c65)c2)cc1. The van der Waals surface area contributed by atoms with Crippen LogP contribution in [0, 0.1) is 0 Å². The quantitative estimate of drug-likeness (QED) is 0.134. The Kier molecular flexibility index (Phi) is 14.3. The zero-order valence-electron chi connectivity index (χ0n) is 36.2. The molecule has 0 saturated heterocycles. The fraction of sp³-hybridized carbons (Fsp3) is 0.0702. The van der Waals surface area contributed by atoms with Gasteiger partial charge in [0, 0.05) is 50.0 Å². The molecule has 7 aromatic carbocycles. The first-order valence-electron chi connectivity index (χ1n) is 20.9. The molecule has 0 spiro atoms. The maximum atomic E-state index is 4.85. The van der Waals surface area contributed by atoms with E-state index in [9.17, 15) is 0 Å². The van der Waals surface area contributed by atoms with E-state index in [1.54, 1.807) is 26.4 Å². The third-order valence-corrected chi connectivity index (χ3v) is 10.6. The summed E-state index contributed by atoms with van der Waals surface area (Å²) in [4.78, 5) is 20.6. The number of pyridine rings is 3. The Bertz CT molecular complexity index is 3030. The van der Waals surface area contributed by atoms with Crippen molar-refractivity contribution in [3.63, 3.8) is 0 Å². The zero-order valence-corrected chi connectivity index (χ0v) is 36.2. The van der Waals surface area contributed by atoms with Crippen LogP contribution in [0.2, 0.25) is 0 Å². The molecule has 0 radical (unpaired) electrons. The van der Waals surface area contributed by atoms with E-state index in [4.69, 9.17) is 15.7 Å². The Morgan fingerprint density at radius 3 is 1.33 bits per heavy atom. The summed E-state index contributed by atoms with van der Waals surface area (Å²) in [5.41, 5.74) is 18.2. The highest BCUT2D eigenvalue weighted by Crippen LogP contribution is 2.44. The standard InChI is InChI=1S/C49H31N3.2C3H7N.C2H5N/c1-2-8-32(9-3-1)36-26-37(38-29-40(46-10-4-6-22-51-46)31-41(30-38)47-11-5-7-23-52-47)28-39(27-36)43-17-13-35-14-18-44-42(33-20-24-50-25-21-33)16-12-34-15-19-45(43)49(35)48(34)44;1-3-4-2;1-2-3-4;1-3-2/h1-31H;3H,1-2H3;2-3H,4H2,1H3;1H2,2H3/b;;3-2-;. The Morgan fingerprint density at radius 2 is 0.873 bits per heavy atom. The number of rotatable bonds is 6. The minimum atomic E-state index is 0.930. The van der Waals surface area contributed by atoms with Gasteiger partial charge in [-0.25, -0.2) is 0 Å². The van der Waals surface area contributed by atoms with Crippen molar-refractivity contribution < 1.29 is 0 Å². The van der Waals surface area contributed by atoms with E-state index in [0.717, 1.165) is 33.6 Å². The van der Waals surface area contributed by atoms with Crippen molar-refractivity contribution in [1.82, 2.24) is 15.0 Å². The largest absolute Gasteiger partial charge is 0.405 e. The van der Waals surface area contributed by atoms with E-state index in [2.05, 4.69) is 161 Å². The lowest BCUT2D eigenvalue weighted by molar-refractivity contribution is 1.31. The predicted octanol–water partition coefficient (Wildman–Crippen LogP) is 14.3. The molecular formula is C57H50N6. The van der Waals surface area contributed by atoms with Gasteiger partial charge in [-0.1, -0.05) is 97.1 Å². The first-order valence-corrected chi connectivity index (χ1v) is 20.9. The van der Waals surface area contributed by atoms with Gasteiger partial charge >= 0.3 is 0 Å². The second-order valence-corrected chi connectivity index (χ2v) is 14.6. The summed E-state index contributed by atoms with van der Waals surface area (Å²) in [6.07, 6.45) is 12.5. The van der Waals surface area contributed by atoms with Crippen molar-refractivity contribution in [1.29, 1.82) is 0 Å². The molecule has 0 aliphatic heterocycles. The second kappa shape index (κ2) is 20.9. The molecule has 0 amide bonds. The van der Waals surface area contributed by atoms with E-state index < -0.39 is 0 Å². The Morgan fingerprint density at radius 1 is 0.460 bits per heavy atom. The lowest BCUT2D eigenvalue weighted by Gasteiger charge is -2.18. The molecule has 0 atom stereocenters. The van der Waals surface area contributed by atoms with Gasteiger partial charge in [-0.3, -0.25) is 15.0 Å². The van der Waals surface area contributed by atoms with Gasteiger partial charge in [0.05, 0.1) is 11.4 Å². The normalized spacial score (nSPS) is 10.9. The molecule has 0 unspecified atom stereocenters. The van der Waals surface area contributed by atoms with Crippen LogP contribution < -0.4 is 5.73 Å². The van der Waals surface area contributed by atoms with Gasteiger partial charge in [0.1, 0.15) is 0 Å². The summed E-state index contributed by atoms with van der Waals surface area (Å²) >= 11 is 0. The number of nitrogens with zero attached hydrogens (tertiary/aromatic N) is 5. The number of aliphatic imine (C=N–C) groups is 2. The van der Waals surface area contributed by atoms with Crippen LogP contribution in [0.25, 0.3) is 99.3 Å². The predicted molar refractivity (Wildman–Crippen MR) is 271 cm³/mol. The van der Waals surface area contributed by atoms with Crippen molar-refractivity contribution >= 4 is 45.2 Å². The van der Waals surface area contributed by atoms with Crippen LogP contribution in [0.15, 0.2) is 211 Å². The average molecular weight is 819 g/mol. The van der Waals surface area contributed by atoms with Crippen molar-refractivity contribution in [2.24, 2.45) is 15.7 Å². The van der Waals surface area contributed by atoms with Crippen LogP contribution in [0.4, 0.5) is 0 Å². The Labute approximate surface area is 370 Å². The molecule has 63 heavy (non-hydrogen) atoms. The highest BCUT2D eigenvalue weighted by Gasteiger charge is 2.17. The van der Waals surface area contributed by atoms with Crippen LogP contribution in [-0.2, 0) is 0 Å². The van der Waals surface area contributed by atoms with Gasteiger partial charge < -0.3 is 15.7 Å². The molecule has 0 bridgehead atoms. The third-order valence-electron chi connectivity index (χ3n) is 10.6. The second-order valence-electron chi connectivity index (χ2n) is 14.6. The molecule has 3 aromatic heterocycles. The maximum absolute atomic E-state index is 4.85. The lowest BCUT2D eigenvalue weighted by Crippen LogP contribution is -1.92. The van der Waals surface area contributed by atoms with Crippen LogP contribution >= 0.6 is 0 Å². The summed E-state index contributed by atoms with van der Waals surface area (Å²) in [6, 6.07) is 58.9. The Balaban J connectivity index is 0.000000490. The molecular weight excluding hydrogens is 769 g/mol. The number of nitrogens with two attached hydrogens (primary N) is 1. The summed E-state index contributed by atoms with van der Waals surface area (Å²) in [5.74, 6) is 0. The number of benzene rings is 7. The van der Waals surface area contributed by atoms with Gasteiger partial charge in [0.2, 0.25) is 0 Å². The molecule has 0 aliphatic rings. The van der Waals surface area contributed by atoms with Gasteiger partial charge in [-0.2, -0.15) is 0 Å². The molecule has 10 rings (SSSR count). The monoisotopic (exact) mass is 818 g/mol. The lowest BCUT2D eigenvalue weighted by atomic mass is 9.86. The maximum Gasteiger partial charge on any atom is 0.0702 e. The van der Waals surface area contributed by atoms with E-state index >= 15 is 0 Å². The number of hydrogen-bond acceptors (Lipinski definition) is 6. The van der Waals surface area contributed by atoms with Crippen LogP contribution in [-0.4, -0.2) is 42.0 Å². The van der Waals surface area contributed by atoms with E-state index in [1.807, 2.05) is 62.9 Å². The van der Waals surface area contributed by atoms with Crippen molar-refractivity contribution in [2.45, 2.75) is 13.8 Å². The molecule has 0 fully saturated rings. The number of hydrogen-bond donors (Lipinski definition) is 1. The molecule has 10 aromatic rings. The molecule has 0 saturated carbocycles. The molecule has 308 valence electrons. The van der Waals surface area contributed by atoms with Crippen molar-refractivity contribution in [2.75, 3.05) is 14.1 Å².